The quantitative estimate of drug-likeness (QED) is 0.595. The lowest BCUT2D eigenvalue weighted by Gasteiger charge is -2.13. The van der Waals surface area contributed by atoms with Crippen molar-refractivity contribution >= 4 is 17.3 Å². The number of alkyl halides is 3. The largest absolute Gasteiger partial charge is 0.418 e. The number of benzene rings is 2. The van der Waals surface area contributed by atoms with Crippen LogP contribution in [0.25, 0.3) is 11.1 Å². The Morgan fingerprint density at radius 1 is 1.00 bits per heavy atom. The van der Waals surface area contributed by atoms with E-state index in [2.05, 4.69) is 0 Å². The Balaban J connectivity index is 2.63. The summed E-state index contributed by atoms with van der Waals surface area (Å²) in [5.41, 5.74) is 4.21. The normalized spacial score (nSPS) is 11.6. The van der Waals surface area contributed by atoms with Gasteiger partial charge in [-0.05, 0) is 35.4 Å². The first-order chi connectivity index (χ1) is 8.79. The van der Waals surface area contributed by atoms with Crippen LogP contribution in [0.3, 0.4) is 0 Å². The van der Waals surface area contributed by atoms with Gasteiger partial charge in [-0.15, -0.1) is 0 Å². The summed E-state index contributed by atoms with van der Waals surface area (Å²) < 4.78 is 51.5. The van der Waals surface area contributed by atoms with Gasteiger partial charge in [0.2, 0.25) is 0 Å². The van der Waals surface area contributed by atoms with Gasteiger partial charge < -0.3 is 5.73 Å². The van der Waals surface area contributed by atoms with Crippen molar-refractivity contribution in [3.05, 3.63) is 52.8 Å². The Morgan fingerprint density at radius 2 is 1.68 bits per heavy atom. The third-order valence-corrected chi connectivity index (χ3v) is 2.91. The van der Waals surface area contributed by atoms with Gasteiger partial charge in [0.25, 0.3) is 0 Å². The minimum Gasteiger partial charge on any atom is -0.397 e. The van der Waals surface area contributed by atoms with Crippen LogP contribution in [0.2, 0.25) is 5.02 Å². The second kappa shape index (κ2) is 4.74. The van der Waals surface area contributed by atoms with E-state index in [1.165, 1.54) is 24.3 Å². The molecule has 6 heteroatoms. The summed E-state index contributed by atoms with van der Waals surface area (Å²) >= 11 is 5.70. The van der Waals surface area contributed by atoms with E-state index in [4.69, 9.17) is 17.3 Å². The first-order valence-electron chi connectivity index (χ1n) is 5.21. The smallest absolute Gasteiger partial charge is 0.397 e. The highest BCUT2D eigenvalue weighted by atomic mass is 35.5. The summed E-state index contributed by atoms with van der Waals surface area (Å²) in [6.07, 6.45) is -4.61. The second-order valence-electron chi connectivity index (χ2n) is 3.93. The van der Waals surface area contributed by atoms with Crippen LogP contribution in [-0.4, -0.2) is 0 Å². The van der Waals surface area contributed by atoms with Crippen molar-refractivity contribution in [3.8, 4) is 11.1 Å². The van der Waals surface area contributed by atoms with Crippen LogP contribution >= 0.6 is 11.6 Å². The molecule has 0 bridgehead atoms. The van der Waals surface area contributed by atoms with E-state index in [9.17, 15) is 17.6 Å². The SMILES string of the molecule is Nc1c(Cl)cc(-c2cccc(F)c2)cc1C(F)(F)F. The Hall–Kier alpha value is -1.75. The molecule has 2 rings (SSSR count). The molecule has 0 unspecified atom stereocenters. The van der Waals surface area contributed by atoms with Crippen molar-refractivity contribution in [2.75, 3.05) is 5.73 Å². The number of halogens is 5. The van der Waals surface area contributed by atoms with E-state index in [0.29, 0.717) is 5.56 Å². The average molecular weight is 290 g/mol. The Labute approximate surface area is 111 Å². The molecule has 0 saturated heterocycles. The molecule has 0 atom stereocenters. The van der Waals surface area contributed by atoms with Gasteiger partial charge in [-0.3, -0.25) is 0 Å². The molecule has 2 aromatic rings. The maximum absolute atomic E-state index is 13.1. The molecule has 0 saturated carbocycles. The fraction of sp³-hybridized carbons (Fsp3) is 0.0769. The van der Waals surface area contributed by atoms with Crippen molar-refractivity contribution in [2.45, 2.75) is 6.18 Å². The molecule has 2 N–H and O–H groups in total. The average Bonchev–Trinajstić information content (AvgIpc) is 2.31. The topological polar surface area (TPSA) is 26.0 Å². The van der Waals surface area contributed by atoms with Crippen LogP contribution < -0.4 is 5.73 Å². The molecule has 1 nitrogen and oxygen atoms in total. The van der Waals surface area contributed by atoms with E-state index in [0.717, 1.165) is 12.1 Å². The van der Waals surface area contributed by atoms with E-state index in [-0.39, 0.29) is 10.6 Å². The van der Waals surface area contributed by atoms with Gasteiger partial charge in [0.05, 0.1) is 16.3 Å². The van der Waals surface area contributed by atoms with Gasteiger partial charge >= 0.3 is 6.18 Å². The molecular weight excluding hydrogens is 282 g/mol. The molecule has 0 aliphatic rings. The Morgan fingerprint density at radius 3 is 2.26 bits per heavy atom. The van der Waals surface area contributed by atoms with Crippen molar-refractivity contribution in [1.29, 1.82) is 0 Å². The van der Waals surface area contributed by atoms with Crippen LogP contribution in [0.4, 0.5) is 23.2 Å². The third-order valence-electron chi connectivity index (χ3n) is 2.59. The molecular formula is C13H8ClF4N. The minimum absolute atomic E-state index is 0.158. The minimum atomic E-state index is -4.61. The zero-order chi connectivity index (χ0) is 14.2. The molecule has 0 aliphatic heterocycles. The zero-order valence-corrected chi connectivity index (χ0v) is 10.2. The molecule has 0 fully saturated rings. The summed E-state index contributed by atoms with van der Waals surface area (Å²) in [6.45, 7) is 0. The van der Waals surface area contributed by atoms with Crippen molar-refractivity contribution in [1.82, 2.24) is 0 Å². The third kappa shape index (κ3) is 2.81. The van der Waals surface area contributed by atoms with Crippen LogP contribution in [0, 0.1) is 5.82 Å². The highest BCUT2D eigenvalue weighted by Crippen LogP contribution is 2.40. The first-order valence-corrected chi connectivity index (χ1v) is 5.59. The number of rotatable bonds is 1. The number of nitrogens with two attached hydrogens (primary N) is 1. The zero-order valence-electron chi connectivity index (χ0n) is 9.43. The molecule has 100 valence electrons. The number of nitrogen functional groups attached to an aromatic ring is 1. The van der Waals surface area contributed by atoms with Gasteiger partial charge in [0, 0.05) is 0 Å². The fourth-order valence-electron chi connectivity index (χ4n) is 1.69. The number of anilines is 1. The van der Waals surface area contributed by atoms with E-state index < -0.39 is 23.2 Å². The standard InChI is InChI=1S/C13H8ClF4N/c14-11-6-8(7-2-1-3-9(15)4-7)5-10(12(11)19)13(16,17)18/h1-6H,19H2. The molecule has 2 aromatic carbocycles. The lowest BCUT2D eigenvalue weighted by Crippen LogP contribution is -2.09. The van der Waals surface area contributed by atoms with Gasteiger partial charge in [-0.25, -0.2) is 4.39 Å². The fourth-order valence-corrected chi connectivity index (χ4v) is 1.91. The lowest BCUT2D eigenvalue weighted by atomic mass is 10.0. The maximum Gasteiger partial charge on any atom is 0.418 e. The maximum atomic E-state index is 13.1. The van der Waals surface area contributed by atoms with Gasteiger partial charge in [0.15, 0.2) is 0 Å². The van der Waals surface area contributed by atoms with Crippen molar-refractivity contribution < 1.29 is 17.6 Å². The summed E-state index contributed by atoms with van der Waals surface area (Å²) in [4.78, 5) is 0. The number of hydrogen-bond donors (Lipinski definition) is 1. The molecule has 19 heavy (non-hydrogen) atoms. The molecule has 0 aliphatic carbocycles. The van der Waals surface area contributed by atoms with Gasteiger partial charge in [-0.1, -0.05) is 23.7 Å². The predicted molar refractivity (Wildman–Crippen MR) is 66.3 cm³/mol. The van der Waals surface area contributed by atoms with Crippen LogP contribution in [0.5, 0.6) is 0 Å². The highest BCUT2D eigenvalue weighted by molar-refractivity contribution is 6.33. The van der Waals surface area contributed by atoms with E-state index in [1.807, 2.05) is 0 Å². The van der Waals surface area contributed by atoms with E-state index >= 15 is 0 Å². The summed E-state index contributed by atoms with van der Waals surface area (Å²) in [6, 6.07) is 7.36. The Kier molecular flexibility index (Phi) is 3.41. The van der Waals surface area contributed by atoms with Crippen LogP contribution in [0.15, 0.2) is 36.4 Å². The lowest BCUT2D eigenvalue weighted by molar-refractivity contribution is -0.136. The van der Waals surface area contributed by atoms with E-state index in [1.54, 1.807) is 0 Å². The predicted octanol–water partition coefficient (Wildman–Crippen LogP) is 4.75. The highest BCUT2D eigenvalue weighted by Gasteiger charge is 2.34. The van der Waals surface area contributed by atoms with Crippen molar-refractivity contribution in [2.24, 2.45) is 0 Å². The molecule has 0 spiro atoms. The van der Waals surface area contributed by atoms with Crippen LogP contribution in [0.1, 0.15) is 5.56 Å². The van der Waals surface area contributed by atoms with Gasteiger partial charge in [0.1, 0.15) is 5.82 Å². The second-order valence-corrected chi connectivity index (χ2v) is 4.33. The van der Waals surface area contributed by atoms with Crippen molar-refractivity contribution in [3.63, 3.8) is 0 Å². The Bertz CT molecular complexity index is 623. The summed E-state index contributed by atoms with van der Waals surface area (Å²) in [7, 11) is 0. The molecule has 0 heterocycles. The molecule has 0 amide bonds. The first kappa shape index (κ1) is 13.7. The van der Waals surface area contributed by atoms with Gasteiger partial charge in [-0.2, -0.15) is 13.2 Å². The molecule has 0 aromatic heterocycles. The monoisotopic (exact) mass is 289 g/mol. The summed E-state index contributed by atoms with van der Waals surface area (Å²) in [5, 5.41) is -0.214. The van der Waals surface area contributed by atoms with Crippen LogP contribution in [-0.2, 0) is 6.18 Å². The molecule has 0 radical (unpaired) electrons. The number of hydrogen-bond acceptors (Lipinski definition) is 1. The summed E-state index contributed by atoms with van der Waals surface area (Å²) in [5.74, 6) is -0.543.